The largest absolute Gasteiger partial charge is 0.354 e. The molecule has 0 atom stereocenters. The summed E-state index contributed by atoms with van der Waals surface area (Å²) in [5.41, 5.74) is 2.33. The lowest BCUT2D eigenvalue weighted by molar-refractivity contribution is 0.0952. The van der Waals surface area contributed by atoms with Crippen LogP contribution in [0.25, 0.3) is 10.9 Å². The summed E-state index contributed by atoms with van der Waals surface area (Å²) in [4.78, 5) is 27.7. The third kappa shape index (κ3) is 3.42. The first-order valence-electron chi connectivity index (χ1n) is 8.37. The van der Waals surface area contributed by atoms with E-state index in [0.717, 1.165) is 35.3 Å². The lowest BCUT2D eigenvalue weighted by Gasteiger charge is -2.19. The predicted octanol–water partition coefficient (Wildman–Crippen LogP) is 2.55. The van der Waals surface area contributed by atoms with E-state index in [2.05, 4.69) is 15.3 Å². The van der Waals surface area contributed by atoms with Crippen LogP contribution in [-0.2, 0) is 6.54 Å². The summed E-state index contributed by atoms with van der Waals surface area (Å²) < 4.78 is 0. The van der Waals surface area contributed by atoms with Crippen molar-refractivity contribution < 1.29 is 4.79 Å². The smallest absolute Gasteiger partial charge is 0.252 e. The minimum Gasteiger partial charge on any atom is -0.354 e. The van der Waals surface area contributed by atoms with Crippen LogP contribution < -0.4 is 10.2 Å². The summed E-state index contributed by atoms with van der Waals surface area (Å²) in [6, 6.07) is 9.92. The van der Waals surface area contributed by atoms with Crippen LogP contribution in [0.2, 0.25) is 0 Å². The van der Waals surface area contributed by atoms with Crippen LogP contribution in [0, 0.1) is 0 Å². The Bertz CT molecular complexity index is 908. The van der Waals surface area contributed by atoms with Crippen LogP contribution in [0.1, 0.15) is 28.9 Å². The van der Waals surface area contributed by atoms with Gasteiger partial charge in [0.2, 0.25) is 0 Å². The van der Waals surface area contributed by atoms with Gasteiger partial charge in [0.15, 0.2) is 0 Å². The van der Waals surface area contributed by atoms with Gasteiger partial charge in [-0.05, 0) is 25.0 Å². The number of aromatic nitrogens is 3. The van der Waals surface area contributed by atoms with Gasteiger partial charge in [-0.2, -0.15) is 0 Å². The second-order valence-corrected chi connectivity index (χ2v) is 6.35. The van der Waals surface area contributed by atoms with E-state index in [1.807, 2.05) is 42.3 Å². The van der Waals surface area contributed by atoms with E-state index in [9.17, 15) is 4.79 Å². The van der Waals surface area contributed by atoms with E-state index >= 15 is 0 Å². The highest BCUT2D eigenvalue weighted by molar-refractivity contribution is 6.07. The molecule has 2 aromatic heterocycles. The zero-order valence-electron chi connectivity index (χ0n) is 14.0. The van der Waals surface area contributed by atoms with Gasteiger partial charge < -0.3 is 10.2 Å². The Morgan fingerprint density at radius 2 is 2.12 bits per heavy atom. The Morgan fingerprint density at radius 3 is 2.88 bits per heavy atom. The fraction of sp³-hybridized carbons (Fsp3) is 0.263. The monoisotopic (exact) mass is 333 g/mol. The molecule has 126 valence electrons. The topological polar surface area (TPSA) is 71.0 Å². The zero-order chi connectivity index (χ0) is 17.2. The molecule has 0 spiro atoms. The Kier molecular flexibility index (Phi) is 4.01. The van der Waals surface area contributed by atoms with Crippen molar-refractivity contribution in [1.29, 1.82) is 0 Å². The number of hydrogen-bond donors (Lipinski definition) is 1. The summed E-state index contributed by atoms with van der Waals surface area (Å²) in [6.07, 6.45) is 7.18. The minimum absolute atomic E-state index is 0.0322. The van der Waals surface area contributed by atoms with Gasteiger partial charge in [-0.15, -0.1) is 0 Å². The first-order valence-corrected chi connectivity index (χ1v) is 8.37. The summed E-state index contributed by atoms with van der Waals surface area (Å²) in [6.45, 7) is 0.572. The molecule has 2 heterocycles. The standard InChI is InChI=1S/C19H19N5O/c1-24(12-14-11-20-8-9-21-14)18-10-16(19(25)22-13-6-7-13)15-4-2-3-5-17(15)23-18/h2-5,8-11,13H,6-7,12H2,1H3,(H,22,25). The van der Waals surface area contributed by atoms with Gasteiger partial charge in [-0.25, -0.2) is 4.98 Å². The fourth-order valence-corrected chi connectivity index (χ4v) is 2.77. The average molecular weight is 333 g/mol. The molecular weight excluding hydrogens is 314 g/mol. The Morgan fingerprint density at radius 1 is 1.28 bits per heavy atom. The molecule has 6 nitrogen and oxygen atoms in total. The van der Waals surface area contributed by atoms with Gasteiger partial charge in [-0.3, -0.25) is 14.8 Å². The number of pyridine rings is 1. The number of carbonyl (C=O) groups is 1. The molecule has 1 fully saturated rings. The number of carbonyl (C=O) groups excluding carboxylic acids is 1. The number of nitrogens with one attached hydrogen (secondary N) is 1. The first-order chi connectivity index (χ1) is 12.2. The molecule has 0 bridgehead atoms. The highest BCUT2D eigenvalue weighted by atomic mass is 16.1. The van der Waals surface area contributed by atoms with E-state index in [1.165, 1.54) is 0 Å². The lowest BCUT2D eigenvalue weighted by atomic mass is 10.1. The Labute approximate surface area is 145 Å². The summed E-state index contributed by atoms with van der Waals surface area (Å²) in [7, 11) is 1.94. The fourth-order valence-electron chi connectivity index (χ4n) is 2.77. The number of rotatable bonds is 5. The summed E-state index contributed by atoms with van der Waals surface area (Å²) >= 11 is 0. The molecule has 4 rings (SSSR count). The maximum Gasteiger partial charge on any atom is 0.252 e. The Hall–Kier alpha value is -3.02. The van der Waals surface area contributed by atoms with E-state index < -0.39 is 0 Å². The maximum atomic E-state index is 12.7. The number of nitrogens with zero attached hydrogens (tertiary/aromatic N) is 4. The molecule has 6 heteroatoms. The summed E-state index contributed by atoms with van der Waals surface area (Å²) in [5, 5.41) is 3.94. The normalized spacial score (nSPS) is 13.6. The van der Waals surface area contributed by atoms with Gasteiger partial charge in [0.25, 0.3) is 5.91 Å². The molecule has 25 heavy (non-hydrogen) atoms. The first kappa shape index (κ1) is 15.5. The molecule has 1 N–H and O–H groups in total. The van der Waals surface area contributed by atoms with Gasteiger partial charge in [0, 0.05) is 30.9 Å². The molecule has 1 amide bonds. The molecule has 1 saturated carbocycles. The van der Waals surface area contributed by atoms with Crippen molar-refractivity contribution in [2.24, 2.45) is 0 Å². The lowest BCUT2D eigenvalue weighted by Crippen LogP contribution is -2.26. The van der Waals surface area contributed by atoms with Crippen molar-refractivity contribution in [3.63, 3.8) is 0 Å². The number of hydrogen-bond acceptors (Lipinski definition) is 5. The summed E-state index contributed by atoms with van der Waals surface area (Å²) in [5.74, 6) is 0.709. The van der Waals surface area contributed by atoms with Crippen LogP contribution in [-0.4, -0.2) is 33.9 Å². The molecule has 0 radical (unpaired) electrons. The Balaban J connectivity index is 1.69. The van der Waals surface area contributed by atoms with Crippen LogP contribution in [0.5, 0.6) is 0 Å². The molecule has 1 aliphatic rings. The highest BCUT2D eigenvalue weighted by Crippen LogP contribution is 2.25. The minimum atomic E-state index is -0.0322. The van der Waals surface area contributed by atoms with Gasteiger partial charge in [0.1, 0.15) is 5.82 Å². The van der Waals surface area contributed by atoms with Crippen LogP contribution in [0.15, 0.2) is 48.9 Å². The maximum absolute atomic E-state index is 12.7. The van der Waals surface area contributed by atoms with Crippen LogP contribution in [0.4, 0.5) is 5.82 Å². The van der Waals surface area contributed by atoms with E-state index in [-0.39, 0.29) is 5.91 Å². The van der Waals surface area contributed by atoms with Crippen molar-refractivity contribution in [2.75, 3.05) is 11.9 Å². The van der Waals surface area contributed by atoms with Crippen molar-refractivity contribution >= 4 is 22.6 Å². The van der Waals surface area contributed by atoms with Gasteiger partial charge >= 0.3 is 0 Å². The average Bonchev–Trinajstić information content (AvgIpc) is 3.45. The molecule has 0 aliphatic heterocycles. The van der Waals surface area contributed by atoms with Crippen molar-refractivity contribution in [1.82, 2.24) is 20.3 Å². The SMILES string of the molecule is CN(Cc1cnccn1)c1cc(C(=O)NC2CC2)c2ccccc2n1. The molecule has 0 saturated heterocycles. The molecule has 0 unspecified atom stereocenters. The highest BCUT2D eigenvalue weighted by Gasteiger charge is 2.25. The molecule has 1 aliphatic carbocycles. The van der Waals surface area contributed by atoms with E-state index in [0.29, 0.717) is 18.2 Å². The van der Waals surface area contributed by atoms with E-state index in [1.54, 1.807) is 18.6 Å². The predicted molar refractivity (Wildman–Crippen MR) is 96.4 cm³/mol. The van der Waals surface area contributed by atoms with Gasteiger partial charge in [0.05, 0.1) is 29.5 Å². The third-order valence-corrected chi connectivity index (χ3v) is 4.27. The molecule has 3 aromatic rings. The number of anilines is 1. The second kappa shape index (κ2) is 6.47. The molecule has 1 aromatic carbocycles. The number of benzene rings is 1. The van der Waals surface area contributed by atoms with Gasteiger partial charge in [-0.1, -0.05) is 18.2 Å². The number of fused-ring (bicyclic) bond motifs is 1. The third-order valence-electron chi connectivity index (χ3n) is 4.27. The molecular formula is C19H19N5O. The number of amides is 1. The van der Waals surface area contributed by atoms with Crippen LogP contribution >= 0.6 is 0 Å². The van der Waals surface area contributed by atoms with Crippen molar-refractivity contribution in [2.45, 2.75) is 25.4 Å². The zero-order valence-corrected chi connectivity index (χ0v) is 14.0. The van der Waals surface area contributed by atoms with Crippen LogP contribution in [0.3, 0.4) is 0 Å². The van der Waals surface area contributed by atoms with Crippen molar-refractivity contribution in [3.8, 4) is 0 Å². The van der Waals surface area contributed by atoms with Crippen molar-refractivity contribution in [3.05, 3.63) is 60.2 Å². The second-order valence-electron chi connectivity index (χ2n) is 6.35. The quantitative estimate of drug-likeness (QED) is 0.777. The number of para-hydroxylation sites is 1. The van der Waals surface area contributed by atoms with E-state index in [4.69, 9.17) is 4.98 Å².